The van der Waals surface area contributed by atoms with Gasteiger partial charge in [-0.1, -0.05) is 37.6 Å². The summed E-state index contributed by atoms with van der Waals surface area (Å²) in [6.07, 6.45) is 5.96. The predicted octanol–water partition coefficient (Wildman–Crippen LogP) is 4.91. The predicted molar refractivity (Wildman–Crippen MR) is 103 cm³/mol. The lowest BCUT2D eigenvalue weighted by molar-refractivity contribution is 0.0840. The van der Waals surface area contributed by atoms with Gasteiger partial charge in [-0.15, -0.1) is 11.3 Å². The Kier molecular flexibility index (Phi) is 6.47. The Bertz CT molecular complexity index is 623. The van der Waals surface area contributed by atoms with Crippen molar-refractivity contribution in [1.29, 1.82) is 0 Å². The van der Waals surface area contributed by atoms with E-state index in [0.717, 1.165) is 26.2 Å². The van der Waals surface area contributed by atoms with E-state index in [1.165, 1.54) is 47.3 Å². The quantitative estimate of drug-likeness (QED) is 0.739. The van der Waals surface area contributed by atoms with Crippen molar-refractivity contribution in [1.82, 2.24) is 0 Å². The minimum Gasteiger partial charge on any atom is -0.376 e. The van der Waals surface area contributed by atoms with Gasteiger partial charge in [-0.3, -0.25) is 0 Å². The number of aryl methyl sites for hydroxylation is 1. The molecule has 2 atom stereocenters. The molecule has 0 aliphatic heterocycles. The highest BCUT2D eigenvalue weighted by Crippen LogP contribution is 2.30. The number of rotatable bonds is 8. The summed E-state index contributed by atoms with van der Waals surface area (Å²) in [5, 5.41) is 2.11. The Labute approximate surface area is 150 Å². The highest BCUT2D eigenvalue weighted by atomic mass is 32.1. The van der Waals surface area contributed by atoms with Crippen molar-refractivity contribution < 1.29 is 4.74 Å². The molecule has 0 amide bonds. The topological polar surface area (TPSA) is 35.2 Å². The molecule has 0 bridgehead atoms. The molecule has 2 aromatic rings. The number of thiophene rings is 1. The molecule has 2 unspecified atom stereocenters. The molecular formula is C21H29NOS. The average molecular weight is 344 g/mol. The molecule has 0 saturated heterocycles. The number of hydrogen-bond donors (Lipinski definition) is 1. The van der Waals surface area contributed by atoms with E-state index in [2.05, 4.69) is 42.6 Å². The van der Waals surface area contributed by atoms with Crippen molar-refractivity contribution in [2.45, 2.75) is 51.6 Å². The summed E-state index contributed by atoms with van der Waals surface area (Å²) in [7, 11) is 0. The first-order valence-corrected chi connectivity index (χ1v) is 10.1. The minimum atomic E-state index is 0.521. The van der Waals surface area contributed by atoms with Crippen LogP contribution in [0.25, 0.3) is 0 Å². The van der Waals surface area contributed by atoms with Crippen molar-refractivity contribution in [2.24, 2.45) is 11.7 Å². The number of ether oxygens (including phenoxy) is 1. The molecule has 2 N–H and O–H groups in total. The molecule has 0 radical (unpaired) electrons. The molecule has 0 saturated carbocycles. The molecule has 3 rings (SSSR count). The molecule has 24 heavy (non-hydrogen) atoms. The Morgan fingerprint density at radius 1 is 1.29 bits per heavy atom. The van der Waals surface area contributed by atoms with Crippen LogP contribution in [0, 0.1) is 5.92 Å². The Balaban J connectivity index is 1.55. The monoisotopic (exact) mass is 343 g/mol. The molecule has 1 heterocycles. The van der Waals surface area contributed by atoms with Crippen LogP contribution in [0.2, 0.25) is 0 Å². The summed E-state index contributed by atoms with van der Waals surface area (Å²) in [6, 6.07) is 11.3. The van der Waals surface area contributed by atoms with Gasteiger partial charge in [-0.25, -0.2) is 0 Å². The third-order valence-electron chi connectivity index (χ3n) is 5.13. The molecule has 1 aliphatic rings. The smallest absolute Gasteiger partial charge is 0.0809 e. The first kappa shape index (κ1) is 17.7. The van der Waals surface area contributed by atoms with Crippen molar-refractivity contribution in [3.63, 3.8) is 0 Å². The van der Waals surface area contributed by atoms with Crippen molar-refractivity contribution >= 4 is 11.3 Å². The third kappa shape index (κ3) is 4.47. The van der Waals surface area contributed by atoms with E-state index in [0.29, 0.717) is 11.8 Å². The number of fused-ring (bicyclic) bond motifs is 1. The normalized spacial score (nSPS) is 18.3. The standard InChI is InChI=1S/C21H29NOS/c1-2-4-20(13-22)19-9-8-17-11-16(6-7-18(17)12-19)14-23-15-21-5-3-10-24-21/h3,5,8-10,12,16,20H,2,4,6-7,11,13-15,22H2,1H3. The van der Waals surface area contributed by atoms with Crippen LogP contribution in [0.15, 0.2) is 35.7 Å². The van der Waals surface area contributed by atoms with Crippen LogP contribution in [-0.2, 0) is 24.2 Å². The third-order valence-corrected chi connectivity index (χ3v) is 5.98. The fraction of sp³-hybridized carbons (Fsp3) is 0.524. The molecule has 0 spiro atoms. The Hall–Kier alpha value is -1.16. The maximum Gasteiger partial charge on any atom is 0.0809 e. The van der Waals surface area contributed by atoms with Gasteiger partial charge in [0, 0.05) is 4.88 Å². The molecule has 0 fully saturated rings. The number of benzene rings is 1. The lowest BCUT2D eigenvalue weighted by Crippen LogP contribution is -2.20. The fourth-order valence-electron chi connectivity index (χ4n) is 3.74. The summed E-state index contributed by atoms with van der Waals surface area (Å²) in [5.74, 6) is 1.18. The summed E-state index contributed by atoms with van der Waals surface area (Å²) < 4.78 is 5.94. The van der Waals surface area contributed by atoms with Gasteiger partial charge in [0.25, 0.3) is 0 Å². The van der Waals surface area contributed by atoms with Crippen LogP contribution in [0.4, 0.5) is 0 Å². The fourth-order valence-corrected chi connectivity index (χ4v) is 4.38. The van der Waals surface area contributed by atoms with Gasteiger partial charge in [0.15, 0.2) is 0 Å². The molecule has 2 nitrogen and oxygen atoms in total. The highest BCUT2D eigenvalue weighted by molar-refractivity contribution is 7.09. The van der Waals surface area contributed by atoms with Gasteiger partial charge in [-0.05, 0) is 72.2 Å². The second kappa shape index (κ2) is 8.80. The van der Waals surface area contributed by atoms with E-state index < -0.39 is 0 Å². The maximum absolute atomic E-state index is 5.97. The first-order valence-electron chi connectivity index (χ1n) is 9.22. The first-order chi connectivity index (χ1) is 11.8. The Morgan fingerprint density at radius 3 is 2.96 bits per heavy atom. The van der Waals surface area contributed by atoms with E-state index in [1.54, 1.807) is 11.3 Å². The summed E-state index contributed by atoms with van der Waals surface area (Å²) in [6.45, 7) is 4.63. The van der Waals surface area contributed by atoms with Crippen LogP contribution < -0.4 is 5.73 Å². The van der Waals surface area contributed by atoms with E-state index in [9.17, 15) is 0 Å². The number of nitrogens with two attached hydrogens (primary N) is 1. The zero-order chi connectivity index (χ0) is 16.8. The molecular weight excluding hydrogens is 314 g/mol. The summed E-state index contributed by atoms with van der Waals surface area (Å²) >= 11 is 1.77. The largest absolute Gasteiger partial charge is 0.376 e. The van der Waals surface area contributed by atoms with Gasteiger partial charge in [0.1, 0.15) is 0 Å². The van der Waals surface area contributed by atoms with Crippen LogP contribution in [0.5, 0.6) is 0 Å². The Morgan fingerprint density at radius 2 is 2.21 bits per heavy atom. The molecule has 1 aliphatic carbocycles. The van der Waals surface area contributed by atoms with Crippen molar-refractivity contribution in [2.75, 3.05) is 13.2 Å². The maximum atomic E-state index is 5.97. The van der Waals surface area contributed by atoms with Gasteiger partial charge in [-0.2, -0.15) is 0 Å². The van der Waals surface area contributed by atoms with Crippen molar-refractivity contribution in [3.05, 3.63) is 57.3 Å². The van der Waals surface area contributed by atoms with Gasteiger partial charge >= 0.3 is 0 Å². The lowest BCUT2D eigenvalue weighted by atomic mass is 9.82. The van der Waals surface area contributed by atoms with Crippen molar-refractivity contribution in [3.8, 4) is 0 Å². The molecule has 1 aromatic carbocycles. The molecule has 3 heteroatoms. The van der Waals surface area contributed by atoms with E-state index >= 15 is 0 Å². The lowest BCUT2D eigenvalue weighted by Gasteiger charge is -2.26. The van der Waals surface area contributed by atoms with Crippen LogP contribution >= 0.6 is 11.3 Å². The molecule has 130 valence electrons. The second-order valence-corrected chi connectivity index (χ2v) is 7.99. The van der Waals surface area contributed by atoms with Gasteiger partial charge in [0.2, 0.25) is 0 Å². The molecule has 1 aromatic heterocycles. The second-order valence-electron chi connectivity index (χ2n) is 6.95. The minimum absolute atomic E-state index is 0.521. The average Bonchev–Trinajstić information content (AvgIpc) is 3.12. The SMILES string of the molecule is CCCC(CN)c1ccc2c(c1)CCC(COCc1cccs1)C2. The zero-order valence-corrected chi connectivity index (χ0v) is 15.5. The highest BCUT2D eigenvalue weighted by Gasteiger charge is 2.20. The van der Waals surface area contributed by atoms with Gasteiger partial charge in [0.05, 0.1) is 13.2 Å². The summed E-state index contributed by atoms with van der Waals surface area (Å²) in [4.78, 5) is 1.32. The van der Waals surface area contributed by atoms with E-state index in [1.807, 2.05) is 0 Å². The van der Waals surface area contributed by atoms with Crippen LogP contribution in [0.1, 0.15) is 53.7 Å². The number of hydrogen-bond acceptors (Lipinski definition) is 3. The van der Waals surface area contributed by atoms with Crippen LogP contribution in [-0.4, -0.2) is 13.2 Å². The van der Waals surface area contributed by atoms with E-state index in [4.69, 9.17) is 10.5 Å². The van der Waals surface area contributed by atoms with Gasteiger partial charge < -0.3 is 10.5 Å². The summed E-state index contributed by atoms with van der Waals surface area (Å²) in [5.41, 5.74) is 10.5. The zero-order valence-electron chi connectivity index (χ0n) is 14.7. The van der Waals surface area contributed by atoms with E-state index in [-0.39, 0.29) is 0 Å². The van der Waals surface area contributed by atoms with Crippen LogP contribution in [0.3, 0.4) is 0 Å².